The highest BCUT2D eigenvalue weighted by Gasteiger charge is 2.33. The molecule has 0 unspecified atom stereocenters. The van der Waals surface area contributed by atoms with Crippen LogP contribution in [-0.2, 0) is 17.9 Å². The first-order valence-electron chi connectivity index (χ1n) is 9.83. The van der Waals surface area contributed by atoms with Gasteiger partial charge in [-0.1, -0.05) is 42.0 Å². The molecule has 1 aliphatic heterocycles. The normalized spacial score (nSPS) is 16.6. The van der Waals surface area contributed by atoms with E-state index in [1.807, 2.05) is 34.1 Å². The molecule has 1 saturated carbocycles. The Kier molecular flexibility index (Phi) is 4.97. The average Bonchev–Trinajstić information content (AvgIpc) is 3.44. The van der Waals surface area contributed by atoms with Gasteiger partial charge in [-0.2, -0.15) is 0 Å². The number of carbonyl (C=O) groups excluding carboxylic acids is 2. The van der Waals surface area contributed by atoms with Gasteiger partial charge in [0, 0.05) is 37.7 Å². The molecule has 4 rings (SSSR count). The van der Waals surface area contributed by atoms with Crippen LogP contribution < -0.4 is 0 Å². The Labute approximate surface area is 160 Å². The lowest BCUT2D eigenvalue weighted by atomic mass is 10.1. The van der Waals surface area contributed by atoms with E-state index in [9.17, 15) is 9.59 Å². The third-order valence-electron chi connectivity index (χ3n) is 5.44. The van der Waals surface area contributed by atoms with Crippen LogP contribution in [0.2, 0.25) is 0 Å². The van der Waals surface area contributed by atoms with Crippen LogP contribution in [-0.4, -0.2) is 34.2 Å². The summed E-state index contributed by atoms with van der Waals surface area (Å²) >= 11 is 0. The summed E-state index contributed by atoms with van der Waals surface area (Å²) in [5.74, 6) is 0.304. The Balaban J connectivity index is 1.50. The first-order valence-corrected chi connectivity index (χ1v) is 9.83. The van der Waals surface area contributed by atoms with Gasteiger partial charge in [0.05, 0.1) is 0 Å². The van der Waals surface area contributed by atoms with Crippen LogP contribution in [0.15, 0.2) is 48.5 Å². The summed E-state index contributed by atoms with van der Waals surface area (Å²) in [4.78, 5) is 29.0. The van der Waals surface area contributed by atoms with Crippen LogP contribution in [0.5, 0.6) is 0 Å². The van der Waals surface area contributed by atoms with Crippen LogP contribution >= 0.6 is 0 Å². The molecule has 1 aliphatic carbocycles. The third kappa shape index (κ3) is 4.21. The summed E-state index contributed by atoms with van der Waals surface area (Å²) in [5, 5.41) is 0. The van der Waals surface area contributed by atoms with Gasteiger partial charge in [0.1, 0.15) is 0 Å². The number of nitrogens with zero attached hydrogens (tertiary/aromatic N) is 2. The fourth-order valence-electron chi connectivity index (χ4n) is 3.70. The van der Waals surface area contributed by atoms with Crippen molar-refractivity contribution in [1.29, 1.82) is 0 Å². The van der Waals surface area contributed by atoms with Gasteiger partial charge in [0.25, 0.3) is 5.91 Å². The number of rotatable bonds is 6. The molecule has 4 nitrogen and oxygen atoms in total. The number of hydrogen-bond acceptors (Lipinski definition) is 2. The van der Waals surface area contributed by atoms with Crippen molar-refractivity contribution in [1.82, 2.24) is 9.80 Å². The van der Waals surface area contributed by atoms with Crippen molar-refractivity contribution >= 4 is 11.8 Å². The highest BCUT2D eigenvalue weighted by Crippen LogP contribution is 2.30. The van der Waals surface area contributed by atoms with Crippen LogP contribution in [0, 0.1) is 6.92 Å². The summed E-state index contributed by atoms with van der Waals surface area (Å²) in [6.45, 7) is 4.14. The fraction of sp³-hybridized carbons (Fsp3) is 0.391. The van der Waals surface area contributed by atoms with Crippen LogP contribution in [0.1, 0.15) is 52.7 Å². The van der Waals surface area contributed by atoms with Crippen molar-refractivity contribution in [3.05, 3.63) is 70.8 Å². The van der Waals surface area contributed by atoms with Crippen molar-refractivity contribution in [2.24, 2.45) is 0 Å². The molecule has 2 amide bonds. The third-order valence-corrected chi connectivity index (χ3v) is 5.44. The second-order valence-corrected chi connectivity index (χ2v) is 7.77. The van der Waals surface area contributed by atoms with Crippen LogP contribution in [0.3, 0.4) is 0 Å². The molecule has 2 aromatic rings. The van der Waals surface area contributed by atoms with Gasteiger partial charge >= 0.3 is 0 Å². The predicted molar refractivity (Wildman–Crippen MR) is 105 cm³/mol. The zero-order valence-electron chi connectivity index (χ0n) is 15.9. The molecule has 0 bridgehead atoms. The fourth-order valence-corrected chi connectivity index (χ4v) is 3.70. The van der Waals surface area contributed by atoms with Gasteiger partial charge in [-0.05, 0) is 49.4 Å². The largest absolute Gasteiger partial charge is 0.338 e. The first kappa shape index (κ1) is 17.8. The molecule has 0 aromatic heterocycles. The molecule has 1 heterocycles. The van der Waals surface area contributed by atoms with E-state index in [-0.39, 0.29) is 11.8 Å². The molecule has 0 atom stereocenters. The van der Waals surface area contributed by atoms with E-state index in [2.05, 4.69) is 31.2 Å². The van der Waals surface area contributed by atoms with E-state index in [4.69, 9.17) is 0 Å². The molecule has 4 heteroatoms. The molecule has 0 spiro atoms. The maximum absolute atomic E-state index is 13.2. The van der Waals surface area contributed by atoms with Gasteiger partial charge in [-0.3, -0.25) is 9.59 Å². The van der Waals surface area contributed by atoms with Gasteiger partial charge in [-0.25, -0.2) is 0 Å². The smallest absolute Gasteiger partial charge is 0.254 e. The van der Waals surface area contributed by atoms with Gasteiger partial charge < -0.3 is 9.80 Å². The Morgan fingerprint density at radius 2 is 1.89 bits per heavy atom. The summed E-state index contributed by atoms with van der Waals surface area (Å²) in [5.41, 5.74) is 4.15. The van der Waals surface area contributed by atoms with Crippen molar-refractivity contribution in [3.63, 3.8) is 0 Å². The second kappa shape index (κ2) is 7.55. The van der Waals surface area contributed by atoms with E-state index < -0.39 is 0 Å². The van der Waals surface area contributed by atoms with E-state index in [0.717, 1.165) is 36.9 Å². The minimum absolute atomic E-state index is 0.0904. The monoisotopic (exact) mass is 362 g/mol. The maximum Gasteiger partial charge on any atom is 0.254 e. The molecule has 0 N–H and O–H groups in total. The molecule has 1 saturated heterocycles. The molecule has 0 radical (unpaired) electrons. The van der Waals surface area contributed by atoms with E-state index >= 15 is 0 Å². The molecular formula is C23H26N2O2. The Morgan fingerprint density at radius 1 is 1.11 bits per heavy atom. The summed E-state index contributed by atoms with van der Waals surface area (Å²) in [6, 6.07) is 16.5. The molecule has 140 valence electrons. The number of likely N-dealkylation sites (tertiary alicyclic amines) is 1. The first-order chi connectivity index (χ1) is 13.1. The highest BCUT2D eigenvalue weighted by atomic mass is 16.2. The second-order valence-electron chi connectivity index (χ2n) is 7.77. The lowest BCUT2D eigenvalue weighted by Gasteiger charge is -2.23. The number of carbonyl (C=O) groups is 2. The number of hydrogen-bond donors (Lipinski definition) is 0. The topological polar surface area (TPSA) is 40.6 Å². The van der Waals surface area contributed by atoms with Crippen molar-refractivity contribution in [2.45, 2.75) is 51.7 Å². The van der Waals surface area contributed by atoms with Gasteiger partial charge in [0.2, 0.25) is 5.91 Å². The van der Waals surface area contributed by atoms with Crippen LogP contribution in [0.4, 0.5) is 0 Å². The summed E-state index contributed by atoms with van der Waals surface area (Å²) in [6.07, 6.45) is 3.74. The minimum Gasteiger partial charge on any atom is -0.338 e. The number of aryl methyl sites for hydroxylation is 1. The Bertz CT molecular complexity index is 840. The van der Waals surface area contributed by atoms with Gasteiger partial charge in [-0.15, -0.1) is 0 Å². The average molecular weight is 362 g/mol. The lowest BCUT2D eigenvalue weighted by Crippen LogP contribution is -2.32. The van der Waals surface area contributed by atoms with Gasteiger partial charge in [0.15, 0.2) is 0 Å². The Morgan fingerprint density at radius 3 is 2.56 bits per heavy atom. The van der Waals surface area contributed by atoms with Crippen molar-refractivity contribution in [2.75, 3.05) is 6.54 Å². The van der Waals surface area contributed by atoms with E-state index in [1.165, 1.54) is 11.1 Å². The van der Waals surface area contributed by atoms with E-state index in [0.29, 0.717) is 25.6 Å². The lowest BCUT2D eigenvalue weighted by molar-refractivity contribution is -0.128. The van der Waals surface area contributed by atoms with E-state index in [1.54, 1.807) is 0 Å². The molecule has 27 heavy (non-hydrogen) atoms. The summed E-state index contributed by atoms with van der Waals surface area (Å²) in [7, 11) is 0. The standard InChI is InChI=1S/C23H26N2O2/c1-17-7-9-18(10-8-17)16-25(21-11-12-21)23(27)20-5-2-4-19(14-20)15-24-13-3-6-22(24)26/h2,4-5,7-10,14,21H,3,6,11-13,15-16H2,1H3. The number of amides is 2. The summed E-state index contributed by atoms with van der Waals surface area (Å²) < 4.78 is 0. The van der Waals surface area contributed by atoms with Crippen molar-refractivity contribution in [3.8, 4) is 0 Å². The SMILES string of the molecule is Cc1ccc(CN(C(=O)c2cccc(CN3CCCC3=O)c2)C2CC2)cc1. The van der Waals surface area contributed by atoms with Crippen molar-refractivity contribution < 1.29 is 9.59 Å². The molecule has 2 aromatic carbocycles. The zero-order valence-corrected chi connectivity index (χ0v) is 15.9. The predicted octanol–water partition coefficient (Wildman–Crippen LogP) is 3.92. The number of benzene rings is 2. The molecular weight excluding hydrogens is 336 g/mol. The zero-order chi connectivity index (χ0) is 18.8. The molecule has 2 aliphatic rings. The highest BCUT2D eigenvalue weighted by molar-refractivity contribution is 5.94. The quantitative estimate of drug-likeness (QED) is 0.781. The maximum atomic E-state index is 13.2. The molecule has 2 fully saturated rings. The Hall–Kier alpha value is -2.62. The minimum atomic E-state index is 0.0904. The van der Waals surface area contributed by atoms with Crippen LogP contribution in [0.25, 0.3) is 0 Å².